The van der Waals surface area contributed by atoms with E-state index in [2.05, 4.69) is 43.4 Å². The van der Waals surface area contributed by atoms with Crippen molar-refractivity contribution in [1.82, 2.24) is 10.2 Å². The van der Waals surface area contributed by atoms with Crippen molar-refractivity contribution in [3.05, 3.63) is 29.8 Å². The smallest absolute Gasteiger partial charge is 0.118 e. The summed E-state index contributed by atoms with van der Waals surface area (Å²) in [7, 11) is 6.09. The van der Waals surface area contributed by atoms with Gasteiger partial charge in [0.15, 0.2) is 0 Å². The highest BCUT2D eigenvalue weighted by Crippen LogP contribution is 2.35. The van der Waals surface area contributed by atoms with Crippen LogP contribution in [-0.4, -0.2) is 38.2 Å². The molecule has 1 aliphatic carbocycles. The summed E-state index contributed by atoms with van der Waals surface area (Å²) in [6.07, 6.45) is 3.97. The Morgan fingerprint density at radius 1 is 1.26 bits per heavy atom. The van der Waals surface area contributed by atoms with Gasteiger partial charge in [-0.15, -0.1) is 0 Å². The molecule has 19 heavy (non-hydrogen) atoms. The summed E-state index contributed by atoms with van der Waals surface area (Å²) < 4.78 is 5.19. The van der Waals surface area contributed by atoms with Crippen LogP contribution in [-0.2, 0) is 0 Å². The molecular formula is C16H26N2O. The third-order valence-corrected chi connectivity index (χ3v) is 4.59. The molecule has 0 aliphatic heterocycles. The lowest BCUT2D eigenvalue weighted by Gasteiger charge is -2.48. The highest BCUT2D eigenvalue weighted by atomic mass is 16.5. The van der Waals surface area contributed by atoms with Crippen molar-refractivity contribution in [3.8, 4) is 5.75 Å². The van der Waals surface area contributed by atoms with Gasteiger partial charge in [-0.1, -0.05) is 12.1 Å². The van der Waals surface area contributed by atoms with Crippen molar-refractivity contribution >= 4 is 0 Å². The van der Waals surface area contributed by atoms with Gasteiger partial charge < -0.3 is 15.0 Å². The van der Waals surface area contributed by atoms with Gasteiger partial charge in [-0.2, -0.15) is 0 Å². The number of rotatable bonds is 6. The van der Waals surface area contributed by atoms with Crippen molar-refractivity contribution < 1.29 is 4.74 Å². The number of ether oxygens (including phenoxy) is 1. The molecule has 1 saturated carbocycles. The van der Waals surface area contributed by atoms with Crippen LogP contribution in [0.25, 0.3) is 0 Å². The minimum absolute atomic E-state index is 0.376. The molecule has 1 fully saturated rings. The van der Waals surface area contributed by atoms with Gasteiger partial charge in [0.2, 0.25) is 0 Å². The molecule has 1 unspecified atom stereocenters. The molecule has 106 valence electrons. The number of methoxy groups -OCH3 is 1. The van der Waals surface area contributed by atoms with E-state index in [9.17, 15) is 0 Å². The van der Waals surface area contributed by atoms with E-state index in [0.717, 1.165) is 12.3 Å². The first kappa shape index (κ1) is 14.4. The van der Waals surface area contributed by atoms with Crippen LogP contribution in [0.3, 0.4) is 0 Å². The Morgan fingerprint density at radius 2 is 1.89 bits per heavy atom. The van der Waals surface area contributed by atoms with E-state index < -0.39 is 0 Å². The van der Waals surface area contributed by atoms with Crippen LogP contribution in [0.15, 0.2) is 24.3 Å². The standard InChI is InChI=1S/C16H26N2O/c1-13(14-6-8-15(19-4)9-7-14)17-12-16(18(2)3)10-5-11-16/h6-9,13,17H,5,10-12H2,1-4H3. The minimum Gasteiger partial charge on any atom is -0.497 e. The topological polar surface area (TPSA) is 24.5 Å². The van der Waals surface area contributed by atoms with Crippen LogP contribution in [0, 0.1) is 0 Å². The fourth-order valence-corrected chi connectivity index (χ4v) is 2.72. The number of likely N-dealkylation sites (N-methyl/N-ethyl adjacent to an activating group) is 1. The quantitative estimate of drug-likeness (QED) is 0.853. The third-order valence-electron chi connectivity index (χ3n) is 4.59. The Labute approximate surface area is 116 Å². The first-order valence-electron chi connectivity index (χ1n) is 7.12. The normalized spacial score (nSPS) is 19.0. The monoisotopic (exact) mass is 262 g/mol. The summed E-state index contributed by atoms with van der Waals surface area (Å²) in [5.41, 5.74) is 1.69. The maximum absolute atomic E-state index is 5.19. The molecule has 0 heterocycles. The third kappa shape index (κ3) is 3.10. The number of benzene rings is 1. The van der Waals surface area contributed by atoms with Crippen LogP contribution in [0.4, 0.5) is 0 Å². The predicted octanol–water partition coefficient (Wildman–Crippen LogP) is 2.83. The van der Waals surface area contributed by atoms with E-state index in [4.69, 9.17) is 4.74 Å². The molecular weight excluding hydrogens is 236 g/mol. The van der Waals surface area contributed by atoms with Gasteiger partial charge in [0.1, 0.15) is 5.75 Å². The molecule has 0 bridgehead atoms. The molecule has 0 aromatic heterocycles. The van der Waals surface area contributed by atoms with E-state index >= 15 is 0 Å². The van der Waals surface area contributed by atoms with E-state index in [-0.39, 0.29) is 0 Å². The zero-order valence-electron chi connectivity index (χ0n) is 12.6. The first-order valence-corrected chi connectivity index (χ1v) is 7.12. The molecule has 2 rings (SSSR count). The van der Waals surface area contributed by atoms with Crippen molar-refractivity contribution in [2.75, 3.05) is 27.7 Å². The molecule has 1 aliphatic rings. The molecule has 0 spiro atoms. The summed E-state index contributed by atoms with van der Waals surface area (Å²) in [4.78, 5) is 2.38. The first-order chi connectivity index (χ1) is 9.07. The SMILES string of the molecule is COc1ccc(C(C)NCC2(N(C)C)CCC2)cc1. The highest BCUT2D eigenvalue weighted by molar-refractivity contribution is 5.28. The van der Waals surface area contributed by atoms with Gasteiger partial charge in [0.05, 0.1) is 7.11 Å². The molecule has 1 aromatic rings. The van der Waals surface area contributed by atoms with Gasteiger partial charge in [-0.3, -0.25) is 0 Å². The van der Waals surface area contributed by atoms with Crippen LogP contribution >= 0.6 is 0 Å². The molecule has 0 radical (unpaired) electrons. The highest BCUT2D eigenvalue weighted by Gasteiger charge is 2.38. The second-order valence-corrected chi connectivity index (χ2v) is 5.85. The summed E-state index contributed by atoms with van der Waals surface area (Å²) in [6, 6.07) is 8.71. The van der Waals surface area contributed by atoms with Gasteiger partial charge in [0, 0.05) is 18.1 Å². The Kier molecular flexibility index (Phi) is 4.48. The maximum atomic E-state index is 5.19. The molecule has 3 heteroatoms. The van der Waals surface area contributed by atoms with Gasteiger partial charge in [-0.05, 0) is 58.0 Å². The number of hydrogen-bond donors (Lipinski definition) is 1. The lowest BCUT2D eigenvalue weighted by molar-refractivity contribution is 0.0576. The average molecular weight is 262 g/mol. The van der Waals surface area contributed by atoms with Crippen LogP contribution in [0.1, 0.15) is 37.8 Å². The zero-order valence-corrected chi connectivity index (χ0v) is 12.6. The predicted molar refractivity (Wildman–Crippen MR) is 79.7 cm³/mol. The summed E-state index contributed by atoms with van der Waals surface area (Å²) >= 11 is 0. The van der Waals surface area contributed by atoms with Crippen molar-refractivity contribution in [2.24, 2.45) is 0 Å². The summed E-state index contributed by atoms with van der Waals surface area (Å²) in [5, 5.41) is 3.68. The number of hydrogen-bond acceptors (Lipinski definition) is 3. The van der Waals surface area contributed by atoms with Crippen molar-refractivity contribution in [2.45, 2.75) is 37.8 Å². The fraction of sp³-hybridized carbons (Fsp3) is 0.625. The fourth-order valence-electron chi connectivity index (χ4n) is 2.72. The van der Waals surface area contributed by atoms with Gasteiger partial charge in [-0.25, -0.2) is 0 Å². The molecule has 1 atom stereocenters. The maximum Gasteiger partial charge on any atom is 0.118 e. The van der Waals surface area contributed by atoms with E-state index in [1.54, 1.807) is 7.11 Å². The largest absolute Gasteiger partial charge is 0.497 e. The average Bonchev–Trinajstić information content (AvgIpc) is 2.37. The van der Waals surface area contributed by atoms with E-state index in [1.165, 1.54) is 24.8 Å². The Hall–Kier alpha value is -1.06. The molecule has 0 amide bonds. The molecule has 0 saturated heterocycles. The lowest BCUT2D eigenvalue weighted by Crippen LogP contribution is -2.56. The van der Waals surface area contributed by atoms with Crippen LogP contribution < -0.4 is 10.1 Å². The second kappa shape index (κ2) is 5.93. The van der Waals surface area contributed by atoms with Gasteiger partial charge >= 0.3 is 0 Å². The van der Waals surface area contributed by atoms with Crippen LogP contribution in [0.2, 0.25) is 0 Å². The lowest BCUT2D eigenvalue weighted by atomic mass is 9.75. The van der Waals surface area contributed by atoms with Crippen LogP contribution in [0.5, 0.6) is 5.75 Å². The zero-order chi connectivity index (χ0) is 13.9. The number of nitrogens with zero attached hydrogens (tertiary/aromatic N) is 1. The Balaban J connectivity index is 1.91. The van der Waals surface area contributed by atoms with Crippen molar-refractivity contribution in [3.63, 3.8) is 0 Å². The molecule has 1 aromatic carbocycles. The molecule has 3 nitrogen and oxygen atoms in total. The van der Waals surface area contributed by atoms with E-state index in [0.29, 0.717) is 11.6 Å². The number of nitrogens with one attached hydrogen (secondary N) is 1. The summed E-state index contributed by atoms with van der Waals surface area (Å²) in [5.74, 6) is 0.916. The molecule has 1 N–H and O–H groups in total. The Morgan fingerprint density at radius 3 is 2.32 bits per heavy atom. The van der Waals surface area contributed by atoms with Gasteiger partial charge in [0.25, 0.3) is 0 Å². The Bertz CT molecular complexity index is 396. The summed E-state index contributed by atoms with van der Waals surface area (Å²) in [6.45, 7) is 3.29. The minimum atomic E-state index is 0.376. The van der Waals surface area contributed by atoms with Crippen molar-refractivity contribution in [1.29, 1.82) is 0 Å². The van der Waals surface area contributed by atoms with E-state index in [1.807, 2.05) is 12.1 Å². The second-order valence-electron chi connectivity index (χ2n) is 5.85.